The molecule has 0 spiro atoms. The summed E-state index contributed by atoms with van der Waals surface area (Å²) in [4.78, 5) is 17.6. The average molecular weight is 337 g/mol. The van der Waals surface area contributed by atoms with Crippen LogP contribution in [0.15, 0.2) is 48.5 Å². The van der Waals surface area contributed by atoms with E-state index in [0.29, 0.717) is 12.2 Å². The van der Waals surface area contributed by atoms with Crippen LogP contribution in [0.2, 0.25) is 0 Å². The molecule has 3 rings (SSSR count). The third-order valence-corrected chi connectivity index (χ3v) is 4.05. The molecule has 2 N–H and O–H groups in total. The highest BCUT2D eigenvalue weighted by molar-refractivity contribution is 5.98. The fraction of sp³-hybridized carbons (Fsp3) is 0.250. The number of hydrogen-bond donors (Lipinski definition) is 2. The Balaban J connectivity index is 1.64. The zero-order valence-corrected chi connectivity index (χ0v) is 14.8. The predicted octanol–water partition coefficient (Wildman–Crippen LogP) is 3.17. The molecule has 0 aliphatic carbocycles. The number of aromatic amines is 1. The topological polar surface area (TPSA) is 57.4 Å². The van der Waals surface area contributed by atoms with Crippen molar-refractivity contribution in [3.63, 3.8) is 0 Å². The summed E-state index contributed by atoms with van der Waals surface area (Å²) in [6, 6.07) is 15.8. The molecule has 1 heterocycles. The summed E-state index contributed by atoms with van der Waals surface area (Å²) in [5.41, 5.74) is 3.77. The second-order valence-corrected chi connectivity index (χ2v) is 6.37. The molecule has 0 saturated heterocycles. The van der Waals surface area contributed by atoms with Gasteiger partial charge in [0, 0.05) is 30.1 Å². The fourth-order valence-electron chi connectivity index (χ4n) is 2.76. The standard InChI is InChI=1S/C20H23N3O2/c1-23(2)13-15-6-4-14(5-7-15)12-21-20(24)19-10-16-8-9-17(25-3)11-18(16)22-19/h4-11,22H,12-13H2,1-3H3,(H,21,24). The Morgan fingerprint density at radius 3 is 2.48 bits per heavy atom. The highest BCUT2D eigenvalue weighted by Crippen LogP contribution is 2.21. The lowest BCUT2D eigenvalue weighted by atomic mass is 10.1. The van der Waals surface area contributed by atoms with Crippen LogP contribution in [0, 0.1) is 0 Å². The van der Waals surface area contributed by atoms with E-state index in [1.807, 2.05) is 38.4 Å². The first kappa shape index (κ1) is 17.0. The summed E-state index contributed by atoms with van der Waals surface area (Å²) in [6.45, 7) is 1.41. The summed E-state index contributed by atoms with van der Waals surface area (Å²) in [6.07, 6.45) is 0. The zero-order chi connectivity index (χ0) is 17.8. The van der Waals surface area contributed by atoms with E-state index in [4.69, 9.17) is 4.74 Å². The third-order valence-electron chi connectivity index (χ3n) is 4.05. The van der Waals surface area contributed by atoms with Gasteiger partial charge in [0.15, 0.2) is 0 Å². The number of carbonyl (C=O) groups is 1. The largest absolute Gasteiger partial charge is 0.497 e. The van der Waals surface area contributed by atoms with Gasteiger partial charge in [-0.1, -0.05) is 24.3 Å². The number of ether oxygens (including phenoxy) is 1. The lowest BCUT2D eigenvalue weighted by molar-refractivity contribution is 0.0946. The molecule has 0 aliphatic rings. The van der Waals surface area contributed by atoms with Crippen molar-refractivity contribution in [1.29, 1.82) is 0 Å². The van der Waals surface area contributed by atoms with Crippen LogP contribution < -0.4 is 10.1 Å². The monoisotopic (exact) mass is 337 g/mol. The lowest BCUT2D eigenvalue weighted by Gasteiger charge is -2.10. The SMILES string of the molecule is COc1ccc2cc(C(=O)NCc3ccc(CN(C)C)cc3)[nH]c2c1. The van der Waals surface area contributed by atoms with Crippen LogP contribution in [0.4, 0.5) is 0 Å². The molecule has 5 nitrogen and oxygen atoms in total. The van der Waals surface area contributed by atoms with Gasteiger partial charge < -0.3 is 19.9 Å². The van der Waals surface area contributed by atoms with Crippen LogP contribution in [0.5, 0.6) is 5.75 Å². The average Bonchev–Trinajstić information content (AvgIpc) is 3.03. The quantitative estimate of drug-likeness (QED) is 0.726. The van der Waals surface area contributed by atoms with E-state index in [9.17, 15) is 4.79 Å². The molecular weight excluding hydrogens is 314 g/mol. The van der Waals surface area contributed by atoms with E-state index < -0.39 is 0 Å². The number of nitrogens with zero attached hydrogens (tertiary/aromatic N) is 1. The molecule has 0 fully saturated rings. The highest BCUT2D eigenvalue weighted by Gasteiger charge is 2.10. The summed E-state index contributed by atoms with van der Waals surface area (Å²) in [5.74, 6) is 0.645. The molecule has 0 unspecified atom stereocenters. The Labute approximate surface area is 147 Å². The minimum atomic E-state index is -0.118. The number of amides is 1. The normalized spacial score (nSPS) is 11.0. The van der Waals surface area contributed by atoms with E-state index in [1.165, 1.54) is 5.56 Å². The fourth-order valence-corrected chi connectivity index (χ4v) is 2.76. The molecule has 1 amide bonds. The number of benzene rings is 2. The van der Waals surface area contributed by atoms with Gasteiger partial charge in [0.25, 0.3) is 5.91 Å². The first-order valence-electron chi connectivity index (χ1n) is 8.22. The number of H-pyrrole nitrogens is 1. The second-order valence-electron chi connectivity index (χ2n) is 6.37. The van der Waals surface area contributed by atoms with Crippen molar-refractivity contribution < 1.29 is 9.53 Å². The first-order chi connectivity index (χ1) is 12.0. The molecule has 0 aliphatic heterocycles. The number of aromatic nitrogens is 1. The number of nitrogens with one attached hydrogen (secondary N) is 2. The summed E-state index contributed by atoms with van der Waals surface area (Å²) < 4.78 is 5.21. The van der Waals surface area contributed by atoms with Gasteiger partial charge in [-0.05, 0) is 43.4 Å². The van der Waals surface area contributed by atoms with E-state index in [0.717, 1.165) is 28.8 Å². The molecule has 5 heteroatoms. The van der Waals surface area contributed by atoms with Gasteiger partial charge in [-0.25, -0.2) is 0 Å². The molecule has 0 saturated carbocycles. The van der Waals surface area contributed by atoms with E-state index in [1.54, 1.807) is 7.11 Å². The van der Waals surface area contributed by atoms with Crippen LogP contribution in [0.25, 0.3) is 10.9 Å². The number of fused-ring (bicyclic) bond motifs is 1. The Morgan fingerprint density at radius 1 is 1.08 bits per heavy atom. The first-order valence-corrected chi connectivity index (χ1v) is 8.22. The van der Waals surface area contributed by atoms with Crippen molar-refractivity contribution in [1.82, 2.24) is 15.2 Å². The molecule has 0 atom stereocenters. The number of rotatable bonds is 6. The molecular formula is C20H23N3O2. The predicted molar refractivity (Wildman–Crippen MR) is 99.9 cm³/mol. The molecule has 25 heavy (non-hydrogen) atoms. The van der Waals surface area contributed by atoms with E-state index >= 15 is 0 Å². The van der Waals surface area contributed by atoms with Crippen molar-refractivity contribution >= 4 is 16.8 Å². The minimum Gasteiger partial charge on any atom is -0.497 e. The van der Waals surface area contributed by atoms with Crippen LogP contribution >= 0.6 is 0 Å². The highest BCUT2D eigenvalue weighted by atomic mass is 16.5. The van der Waals surface area contributed by atoms with Crippen LogP contribution in [-0.2, 0) is 13.1 Å². The number of hydrogen-bond acceptors (Lipinski definition) is 3. The van der Waals surface area contributed by atoms with Crippen molar-refractivity contribution in [2.45, 2.75) is 13.1 Å². The van der Waals surface area contributed by atoms with Crippen LogP contribution in [0.3, 0.4) is 0 Å². The molecule has 130 valence electrons. The Hall–Kier alpha value is -2.79. The van der Waals surface area contributed by atoms with Crippen LogP contribution in [0.1, 0.15) is 21.6 Å². The maximum Gasteiger partial charge on any atom is 0.267 e. The summed E-state index contributed by atoms with van der Waals surface area (Å²) in [7, 11) is 5.72. The molecule has 0 bridgehead atoms. The van der Waals surface area contributed by atoms with Gasteiger partial charge in [-0.2, -0.15) is 0 Å². The van der Waals surface area contributed by atoms with Crippen LogP contribution in [-0.4, -0.2) is 37.0 Å². The second kappa shape index (κ2) is 7.40. The molecule has 1 aromatic heterocycles. The van der Waals surface area contributed by atoms with Gasteiger partial charge >= 0.3 is 0 Å². The third kappa shape index (κ3) is 4.19. The van der Waals surface area contributed by atoms with Gasteiger partial charge in [0.2, 0.25) is 0 Å². The minimum absolute atomic E-state index is 0.118. The maximum atomic E-state index is 12.4. The van der Waals surface area contributed by atoms with Crippen molar-refractivity contribution in [2.75, 3.05) is 21.2 Å². The Bertz CT molecular complexity index is 866. The van der Waals surface area contributed by atoms with E-state index in [-0.39, 0.29) is 5.91 Å². The smallest absolute Gasteiger partial charge is 0.267 e. The summed E-state index contributed by atoms with van der Waals surface area (Å²) >= 11 is 0. The molecule has 2 aromatic carbocycles. The van der Waals surface area contributed by atoms with Crippen molar-refractivity contribution in [3.05, 3.63) is 65.4 Å². The molecule has 3 aromatic rings. The number of methoxy groups -OCH3 is 1. The van der Waals surface area contributed by atoms with Gasteiger partial charge in [-0.3, -0.25) is 4.79 Å². The van der Waals surface area contributed by atoms with E-state index in [2.05, 4.69) is 39.5 Å². The lowest BCUT2D eigenvalue weighted by Crippen LogP contribution is -2.23. The van der Waals surface area contributed by atoms with Gasteiger partial charge in [0.1, 0.15) is 11.4 Å². The number of carbonyl (C=O) groups excluding carboxylic acids is 1. The van der Waals surface area contributed by atoms with Gasteiger partial charge in [-0.15, -0.1) is 0 Å². The Kier molecular flexibility index (Phi) is 5.05. The van der Waals surface area contributed by atoms with Crippen molar-refractivity contribution in [3.8, 4) is 5.75 Å². The Morgan fingerprint density at radius 2 is 1.80 bits per heavy atom. The maximum absolute atomic E-state index is 12.4. The summed E-state index contributed by atoms with van der Waals surface area (Å²) in [5, 5.41) is 3.94. The van der Waals surface area contributed by atoms with Crippen molar-refractivity contribution in [2.24, 2.45) is 0 Å². The molecule has 0 radical (unpaired) electrons. The zero-order valence-electron chi connectivity index (χ0n) is 14.8. The van der Waals surface area contributed by atoms with Gasteiger partial charge in [0.05, 0.1) is 7.11 Å².